The summed E-state index contributed by atoms with van der Waals surface area (Å²) in [5, 5.41) is 0. The molecule has 0 saturated carbocycles. The molecule has 0 atom stereocenters. The Kier molecular flexibility index (Phi) is 11.5. The molecule has 0 N–H and O–H groups in total. The first-order valence-electron chi connectivity index (χ1n) is 8.37. The van der Waals surface area contributed by atoms with Crippen LogP contribution in [0.3, 0.4) is 0 Å². The highest BCUT2D eigenvalue weighted by Crippen LogP contribution is 2.22. The van der Waals surface area contributed by atoms with E-state index in [1.807, 2.05) is 13.0 Å². The Labute approximate surface area is 126 Å². The summed E-state index contributed by atoms with van der Waals surface area (Å²) in [5.74, 6) is 0.326. The van der Waals surface area contributed by atoms with Gasteiger partial charge in [-0.15, -0.1) is 5.73 Å². The molecule has 0 aliphatic rings. The van der Waals surface area contributed by atoms with Gasteiger partial charge in [-0.2, -0.15) is 0 Å². The van der Waals surface area contributed by atoms with Crippen molar-refractivity contribution in [2.75, 3.05) is 0 Å². The highest BCUT2D eigenvalue weighted by molar-refractivity contribution is 5.79. The van der Waals surface area contributed by atoms with Gasteiger partial charge < -0.3 is 0 Å². The third-order valence-corrected chi connectivity index (χ3v) is 3.37. The van der Waals surface area contributed by atoms with Crippen LogP contribution in [0.4, 0.5) is 0 Å². The van der Waals surface area contributed by atoms with Crippen LogP contribution in [0.5, 0.6) is 0 Å². The number of ketones is 1. The zero-order chi connectivity index (χ0) is 15.3. The van der Waals surface area contributed by atoms with Crippen molar-refractivity contribution in [2.24, 2.45) is 5.41 Å². The first-order valence-corrected chi connectivity index (χ1v) is 8.37. The van der Waals surface area contributed by atoms with E-state index < -0.39 is 0 Å². The molecule has 0 aromatic heterocycles. The van der Waals surface area contributed by atoms with Crippen molar-refractivity contribution in [1.29, 1.82) is 0 Å². The number of carbonyl (C=O) groups excluding carboxylic acids is 1. The normalized spacial score (nSPS) is 11.0. The molecule has 0 heterocycles. The Hall–Kier alpha value is -0.810. The molecule has 0 fully saturated rings. The molecule has 0 aliphatic heterocycles. The van der Waals surface area contributed by atoms with Gasteiger partial charge in [-0.1, -0.05) is 53.4 Å². The highest BCUT2D eigenvalue weighted by Gasteiger charge is 2.08. The van der Waals surface area contributed by atoms with Crippen molar-refractivity contribution in [3.8, 4) is 0 Å². The van der Waals surface area contributed by atoms with E-state index in [-0.39, 0.29) is 0 Å². The number of allylic oxidation sites excluding steroid dienone is 1. The summed E-state index contributed by atoms with van der Waals surface area (Å²) in [7, 11) is 0. The zero-order valence-electron chi connectivity index (χ0n) is 14.1. The van der Waals surface area contributed by atoms with Crippen LogP contribution < -0.4 is 0 Å². The number of Topliss-reactive ketones (excluding diaryl/α,β-unsaturated/α-hetero) is 1. The van der Waals surface area contributed by atoms with Crippen molar-refractivity contribution >= 4 is 5.78 Å². The van der Waals surface area contributed by atoms with Gasteiger partial charge in [0.15, 0.2) is 0 Å². The minimum atomic E-state index is 0.326. The van der Waals surface area contributed by atoms with Gasteiger partial charge in [-0.3, -0.25) is 4.79 Å². The van der Waals surface area contributed by atoms with E-state index in [0.29, 0.717) is 24.0 Å². The first-order chi connectivity index (χ1) is 9.45. The minimum Gasteiger partial charge on any atom is -0.299 e. The van der Waals surface area contributed by atoms with Gasteiger partial charge >= 0.3 is 0 Å². The second-order valence-corrected chi connectivity index (χ2v) is 6.93. The fourth-order valence-corrected chi connectivity index (χ4v) is 2.15. The maximum absolute atomic E-state index is 11.3. The monoisotopic (exact) mass is 278 g/mol. The zero-order valence-corrected chi connectivity index (χ0v) is 14.1. The van der Waals surface area contributed by atoms with Gasteiger partial charge in [0.25, 0.3) is 0 Å². The lowest BCUT2D eigenvalue weighted by Crippen LogP contribution is -2.03. The molecule has 0 aromatic carbocycles. The standard InChI is InChI=1S/C19H34O/c1-5-15-18(20)16-13-11-9-7-6-8-10-12-14-17-19(2,3)4/h9,13H,5-8,10,12,14-17H2,1-4H3. The molecule has 1 nitrogen and oxygen atoms in total. The maximum atomic E-state index is 11.3. The van der Waals surface area contributed by atoms with E-state index in [2.05, 4.69) is 32.6 Å². The van der Waals surface area contributed by atoms with Crippen molar-refractivity contribution in [3.63, 3.8) is 0 Å². The second-order valence-electron chi connectivity index (χ2n) is 6.93. The maximum Gasteiger partial charge on any atom is 0.137 e. The SMILES string of the molecule is CCCC(=O)CC=C=CCCCCCCCC(C)(C)C. The Morgan fingerprint density at radius 3 is 2.30 bits per heavy atom. The number of hydrogen-bond donors (Lipinski definition) is 0. The van der Waals surface area contributed by atoms with Gasteiger partial charge in [-0.05, 0) is 43.3 Å². The summed E-state index contributed by atoms with van der Waals surface area (Å²) in [4.78, 5) is 11.3. The summed E-state index contributed by atoms with van der Waals surface area (Å²) in [6.07, 6.45) is 15.2. The predicted molar refractivity (Wildman–Crippen MR) is 89.0 cm³/mol. The largest absolute Gasteiger partial charge is 0.299 e. The smallest absolute Gasteiger partial charge is 0.137 e. The van der Waals surface area contributed by atoms with E-state index in [4.69, 9.17) is 0 Å². The molecule has 0 aliphatic carbocycles. The molecule has 0 amide bonds. The van der Waals surface area contributed by atoms with E-state index in [9.17, 15) is 4.79 Å². The van der Waals surface area contributed by atoms with E-state index >= 15 is 0 Å². The summed E-state index contributed by atoms with van der Waals surface area (Å²) in [6, 6.07) is 0. The van der Waals surface area contributed by atoms with E-state index in [0.717, 1.165) is 12.8 Å². The van der Waals surface area contributed by atoms with Crippen LogP contribution in [0.15, 0.2) is 17.9 Å². The van der Waals surface area contributed by atoms with Gasteiger partial charge in [0.2, 0.25) is 0 Å². The quantitative estimate of drug-likeness (QED) is 0.323. The van der Waals surface area contributed by atoms with Crippen molar-refractivity contribution in [3.05, 3.63) is 17.9 Å². The molecule has 0 radical (unpaired) electrons. The van der Waals surface area contributed by atoms with Gasteiger partial charge in [0.1, 0.15) is 5.78 Å². The molecule has 0 spiro atoms. The molecule has 20 heavy (non-hydrogen) atoms. The lowest BCUT2D eigenvalue weighted by atomic mass is 9.89. The van der Waals surface area contributed by atoms with Crippen LogP contribution in [0.25, 0.3) is 0 Å². The Morgan fingerprint density at radius 1 is 1.00 bits per heavy atom. The Balaban J connectivity index is 3.39. The van der Waals surface area contributed by atoms with Crippen molar-refractivity contribution in [1.82, 2.24) is 0 Å². The summed E-state index contributed by atoms with van der Waals surface area (Å²) < 4.78 is 0. The van der Waals surface area contributed by atoms with Gasteiger partial charge in [-0.25, -0.2) is 0 Å². The molecule has 116 valence electrons. The van der Waals surface area contributed by atoms with Crippen LogP contribution in [0, 0.1) is 5.41 Å². The second kappa shape index (κ2) is 12.0. The average Bonchev–Trinajstić information content (AvgIpc) is 2.35. The predicted octanol–water partition coefficient (Wildman–Crippen LogP) is 6.23. The van der Waals surface area contributed by atoms with Gasteiger partial charge in [0.05, 0.1) is 0 Å². The number of carbonyl (C=O) groups is 1. The summed E-state index contributed by atoms with van der Waals surface area (Å²) in [5.41, 5.74) is 3.61. The van der Waals surface area contributed by atoms with Crippen LogP contribution in [0.1, 0.15) is 91.9 Å². The number of hydrogen-bond acceptors (Lipinski definition) is 1. The Bertz CT molecular complexity index is 300. The van der Waals surface area contributed by atoms with Crippen LogP contribution in [-0.4, -0.2) is 5.78 Å². The highest BCUT2D eigenvalue weighted by atomic mass is 16.1. The molecule has 0 aromatic rings. The molecule has 0 unspecified atom stereocenters. The average molecular weight is 278 g/mol. The molecule has 0 saturated heterocycles. The van der Waals surface area contributed by atoms with E-state index in [1.54, 1.807) is 0 Å². The molecular weight excluding hydrogens is 244 g/mol. The molecule has 0 bridgehead atoms. The Morgan fingerprint density at radius 2 is 1.65 bits per heavy atom. The summed E-state index contributed by atoms with van der Waals surface area (Å²) in [6.45, 7) is 8.99. The van der Waals surface area contributed by atoms with Crippen molar-refractivity contribution < 1.29 is 4.79 Å². The van der Waals surface area contributed by atoms with Crippen LogP contribution in [0.2, 0.25) is 0 Å². The fourth-order valence-electron chi connectivity index (χ4n) is 2.15. The third-order valence-electron chi connectivity index (χ3n) is 3.37. The van der Waals surface area contributed by atoms with Crippen LogP contribution >= 0.6 is 0 Å². The van der Waals surface area contributed by atoms with E-state index in [1.165, 1.54) is 38.5 Å². The third kappa shape index (κ3) is 15.2. The first kappa shape index (κ1) is 19.2. The molecular formula is C19H34O. The lowest BCUT2D eigenvalue weighted by molar-refractivity contribution is -0.118. The fraction of sp³-hybridized carbons (Fsp3) is 0.789. The minimum absolute atomic E-state index is 0.326. The number of rotatable bonds is 11. The van der Waals surface area contributed by atoms with Gasteiger partial charge in [0, 0.05) is 12.8 Å². The number of unbranched alkanes of at least 4 members (excludes halogenated alkanes) is 5. The molecule has 0 rings (SSSR count). The topological polar surface area (TPSA) is 17.1 Å². The summed E-state index contributed by atoms with van der Waals surface area (Å²) >= 11 is 0. The molecule has 1 heteroatoms. The van der Waals surface area contributed by atoms with Crippen molar-refractivity contribution in [2.45, 2.75) is 91.9 Å². The van der Waals surface area contributed by atoms with Crippen LogP contribution in [-0.2, 0) is 4.79 Å². The lowest BCUT2D eigenvalue weighted by Gasteiger charge is -2.17.